The predicted molar refractivity (Wildman–Crippen MR) is 79.1 cm³/mol. The highest BCUT2D eigenvalue weighted by Crippen LogP contribution is 2.20. The molecular weight excluding hydrogens is 253 g/mol. The van der Waals surface area contributed by atoms with Crippen molar-refractivity contribution < 1.29 is 9.50 Å². The number of hydrogen-bond donors (Lipinski definition) is 2. The van der Waals surface area contributed by atoms with E-state index >= 15 is 0 Å². The van der Waals surface area contributed by atoms with Gasteiger partial charge < -0.3 is 10.4 Å². The van der Waals surface area contributed by atoms with Crippen LogP contribution in [0.3, 0.4) is 0 Å². The maximum absolute atomic E-state index is 13.2. The topological polar surface area (TPSA) is 32.3 Å². The molecule has 0 aliphatic heterocycles. The molecule has 0 atom stereocenters. The highest BCUT2D eigenvalue weighted by molar-refractivity contribution is 5.33. The Hall–Kier alpha value is -1.87. The standard InChI is InChI=1S/C17H20FNO/c1-12(2)14-8-6-13(7-9-14)10-19-11-15-4-3-5-16(18)17(15)20/h3-9,12,19-20H,10-11H2,1-2H3. The second-order valence-electron chi connectivity index (χ2n) is 5.25. The van der Waals surface area contributed by atoms with E-state index in [4.69, 9.17) is 0 Å². The minimum atomic E-state index is -0.578. The summed E-state index contributed by atoms with van der Waals surface area (Å²) in [7, 11) is 0. The zero-order chi connectivity index (χ0) is 14.5. The molecule has 0 spiro atoms. The van der Waals surface area contributed by atoms with E-state index in [0.717, 1.165) is 0 Å². The third-order valence-corrected chi connectivity index (χ3v) is 3.36. The third kappa shape index (κ3) is 3.58. The van der Waals surface area contributed by atoms with Crippen LogP contribution in [0.5, 0.6) is 5.75 Å². The number of phenols is 1. The zero-order valence-electron chi connectivity index (χ0n) is 11.9. The first-order valence-electron chi connectivity index (χ1n) is 6.84. The summed E-state index contributed by atoms with van der Waals surface area (Å²) in [4.78, 5) is 0. The Kier molecular flexibility index (Phi) is 4.74. The van der Waals surface area contributed by atoms with Crippen LogP contribution in [-0.4, -0.2) is 5.11 Å². The molecule has 0 unspecified atom stereocenters. The van der Waals surface area contributed by atoms with E-state index in [-0.39, 0.29) is 5.75 Å². The number of para-hydroxylation sites is 1. The molecule has 2 rings (SSSR count). The molecule has 0 aromatic heterocycles. The van der Waals surface area contributed by atoms with Gasteiger partial charge in [0.1, 0.15) is 0 Å². The van der Waals surface area contributed by atoms with Crippen molar-refractivity contribution >= 4 is 0 Å². The molecule has 2 aromatic rings. The van der Waals surface area contributed by atoms with E-state index in [2.05, 4.69) is 43.4 Å². The normalized spacial score (nSPS) is 11.0. The monoisotopic (exact) mass is 273 g/mol. The van der Waals surface area contributed by atoms with Crippen molar-refractivity contribution in [3.63, 3.8) is 0 Å². The van der Waals surface area contributed by atoms with Crippen molar-refractivity contribution in [2.45, 2.75) is 32.9 Å². The van der Waals surface area contributed by atoms with Crippen LogP contribution in [0.1, 0.15) is 36.5 Å². The summed E-state index contributed by atoms with van der Waals surface area (Å²) in [5, 5.41) is 12.8. The number of rotatable bonds is 5. The second-order valence-corrected chi connectivity index (χ2v) is 5.25. The Morgan fingerprint density at radius 1 is 1.05 bits per heavy atom. The highest BCUT2D eigenvalue weighted by atomic mass is 19.1. The maximum Gasteiger partial charge on any atom is 0.165 e. The summed E-state index contributed by atoms with van der Waals surface area (Å²) < 4.78 is 13.2. The molecule has 106 valence electrons. The van der Waals surface area contributed by atoms with Crippen molar-refractivity contribution in [2.24, 2.45) is 0 Å². The molecule has 0 saturated carbocycles. The molecule has 0 radical (unpaired) electrons. The number of aromatic hydroxyl groups is 1. The Labute approximate surface area is 119 Å². The lowest BCUT2D eigenvalue weighted by Crippen LogP contribution is -2.13. The summed E-state index contributed by atoms with van der Waals surface area (Å²) >= 11 is 0. The van der Waals surface area contributed by atoms with Crippen molar-refractivity contribution in [1.82, 2.24) is 5.32 Å². The summed E-state index contributed by atoms with van der Waals surface area (Å²) in [6.07, 6.45) is 0. The van der Waals surface area contributed by atoms with Crippen LogP contribution >= 0.6 is 0 Å². The van der Waals surface area contributed by atoms with Gasteiger partial charge in [-0.25, -0.2) is 4.39 Å². The van der Waals surface area contributed by atoms with E-state index in [9.17, 15) is 9.50 Å². The first kappa shape index (κ1) is 14.5. The molecule has 0 fully saturated rings. The van der Waals surface area contributed by atoms with Crippen molar-refractivity contribution in [1.29, 1.82) is 0 Å². The minimum Gasteiger partial charge on any atom is -0.505 e. The Morgan fingerprint density at radius 3 is 2.40 bits per heavy atom. The second kappa shape index (κ2) is 6.53. The van der Waals surface area contributed by atoms with Crippen LogP contribution < -0.4 is 5.32 Å². The summed E-state index contributed by atoms with van der Waals surface area (Å²) in [6, 6.07) is 13.0. The van der Waals surface area contributed by atoms with Gasteiger partial charge in [-0.05, 0) is 23.1 Å². The molecule has 0 saturated heterocycles. The fourth-order valence-electron chi connectivity index (χ4n) is 2.06. The first-order valence-corrected chi connectivity index (χ1v) is 6.84. The van der Waals surface area contributed by atoms with Crippen LogP contribution in [0.15, 0.2) is 42.5 Å². The van der Waals surface area contributed by atoms with Crippen molar-refractivity contribution in [2.75, 3.05) is 0 Å². The van der Waals surface area contributed by atoms with Gasteiger partial charge in [0.15, 0.2) is 11.6 Å². The van der Waals surface area contributed by atoms with E-state index in [1.54, 1.807) is 12.1 Å². The summed E-state index contributed by atoms with van der Waals surface area (Å²) in [5.74, 6) is -0.318. The molecule has 2 nitrogen and oxygen atoms in total. The van der Waals surface area contributed by atoms with Crippen LogP contribution in [0.4, 0.5) is 4.39 Å². The average Bonchev–Trinajstić information content (AvgIpc) is 2.44. The molecule has 2 N–H and O–H groups in total. The maximum atomic E-state index is 13.2. The number of nitrogens with one attached hydrogen (secondary N) is 1. The van der Waals surface area contributed by atoms with Gasteiger partial charge in [0, 0.05) is 18.7 Å². The molecule has 0 aliphatic rings. The van der Waals surface area contributed by atoms with Crippen LogP contribution in [0, 0.1) is 5.82 Å². The zero-order valence-corrected chi connectivity index (χ0v) is 11.9. The van der Waals surface area contributed by atoms with E-state index in [1.807, 2.05) is 0 Å². The average molecular weight is 273 g/mol. The van der Waals surface area contributed by atoms with Gasteiger partial charge in [-0.2, -0.15) is 0 Å². The Balaban J connectivity index is 1.91. The molecule has 2 aromatic carbocycles. The molecule has 0 amide bonds. The van der Waals surface area contributed by atoms with Gasteiger partial charge in [0.05, 0.1) is 0 Å². The molecular formula is C17H20FNO. The third-order valence-electron chi connectivity index (χ3n) is 3.36. The molecule has 20 heavy (non-hydrogen) atoms. The lowest BCUT2D eigenvalue weighted by Gasteiger charge is -2.09. The fourth-order valence-corrected chi connectivity index (χ4v) is 2.06. The SMILES string of the molecule is CC(C)c1ccc(CNCc2cccc(F)c2O)cc1. The summed E-state index contributed by atoms with van der Waals surface area (Å²) in [6.45, 7) is 5.46. The summed E-state index contributed by atoms with van der Waals surface area (Å²) in [5.41, 5.74) is 3.06. The van der Waals surface area contributed by atoms with Crippen LogP contribution in [-0.2, 0) is 13.1 Å². The highest BCUT2D eigenvalue weighted by Gasteiger charge is 2.05. The number of hydrogen-bond acceptors (Lipinski definition) is 2. The number of phenolic OH excluding ortho intramolecular Hbond substituents is 1. The van der Waals surface area contributed by atoms with Gasteiger partial charge in [0.2, 0.25) is 0 Å². The fraction of sp³-hybridized carbons (Fsp3) is 0.294. The lowest BCUT2D eigenvalue weighted by molar-refractivity contribution is 0.423. The van der Waals surface area contributed by atoms with Gasteiger partial charge in [-0.3, -0.25) is 0 Å². The number of benzene rings is 2. The van der Waals surface area contributed by atoms with Crippen molar-refractivity contribution in [3.05, 3.63) is 65.0 Å². The lowest BCUT2D eigenvalue weighted by atomic mass is 10.0. The minimum absolute atomic E-state index is 0.268. The first-order chi connectivity index (χ1) is 9.58. The Bertz CT molecular complexity index is 564. The molecule has 0 heterocycles. The molecule has 0 bridgehead atoms. The van der Waals surface area contributed by atoms with Crippen molar-refractivity contribution in [3.8, 4) is 5.75 Å². The van der Waals surface area contributed by atoms with Gasteiger partial charge in [0.25, 0.3) is 0 Å². The van der Waals surface area contributed by atoms with Crippen LogP contribution in [0.2, 0.25) is 0 Å². The largest absolute Gasteiger partial charge is 0.505 e. The van der Waals surface area contributed by atoms with Gasteiger partial charge in [-0.1, -0.05) is 50.2 Å². The Morgan fingerprint density at radius 2 is 1.75 bits per heavy atom. The van der Waals surface area contributed by atoms with E-state index < -0.39 is 5.82 Å². The van der Waals surface area contributed by atoms with Gasteiger partial charge >= 0.3 is 0 Å². The molecule has 0 aliphatic carbocycles. The number of halogens is 1. The van der Waals surface area contributed by atoms with E-state index in [0.29, 0.717) is 24.6 Å². The van der Waals surface area contributed by atoms with Gasteiger partial charge in [-0.15, -0.1) is 0 Å². The predicted octanol–water partition coefficient (Wildman–Crippen LogP) is 3.94. The molecule has 3 heteroatoms. The smallest absolute Gasteiger partial charge is 0.165 e. The quantitative estimate of drug-likeness (QED) is 0.864. The van der Waals surface area contributed by atoms with Crippen LogP contribution in [0.25, 0.3) is 0 Å². The van der Waals surface area contributed by atoms with E-state index in [1.165, 1.54) is 17.2 Å².